The Morgan fingerprint density at radius 2 is 1.60 bits per heavy atom. The number of piperazine rings is 1. The third-order valence-electron chi connectivity index (χ3n) is 6.00. The molecule has 0 N–H and O–H groups in total. The predicted molar refractivity (Wildman–Crippen MR) is 112 cm³/mol. The lowest BCUT2D eigenvalue weighted by atomic mass is 10.1. The average molecular weight is 407 g/mol. The third kappa shape index (κ3) is 3.66. The fourth-order valence-corrected chi connectivity index (χ4v) is 4.42. The van der Waals surface area contributed by atoms with Gasteiger partial charge in [-0.2, -0.15) is 0 Å². The van der Waals surface area contributed by atoms with E-state index in [0.29, 0.717) is 30.4 Å². The molecule has 3 aliphatic heterocycles. The van der Waals surface area contributed by atoms with Crippen LogP contribution in [0.3, 0.4) is 0 Å². The van der Waals surface area contributed by atoms with Gasteiger partial charge in [-0.25, -0.2) is 4.90 Å². The Morgan fingerprint density at radius 3 is 2.37 bits per heavy atom. The Bertz CT molecular complexity index is 941. The lowest BCUT2D eigenvalue weighted by Crippen LogP contribution is -2.52. The van der Waals surface area contributed by atoms with Crippen molar-refractivity contribution >= 4 is 17.5 Å². The molecule has 0 saturated carbocycles. The average Bonchev–Trinajstić information content (AvgIpc) is 3.08. The van der Waals surface area contributed by atoms with Crippen molar-refractivity contribution in [2.75, 3.05) is 44.3 Å². The maximum atomic E-state index is 13.1. The summed E-state index contributed by atoms with van der Waals surface area (Å²) in [5.41, 5.74) is 1.85. The number of hydrogen-bond donors (Lipinski definition) is 0. The summed E-state index contributed by atoms with van der Waals surface area (Å²) < 4.78 is 11.1. The van der Waals surface area contributed by atoms with Crippen LogP contribution in [0, 0.1) is 0 Å². The van der Waals surface area contributed by atoms with Gasteiger partial charge in [0.1, 0.15) is 13.2 Å². The number of carbonyl (C=O) groups is 2. The second-order valence-electron chi connectivity index (χ2n) is 7.91. The molecule has 7 nitrogen and oxygen atoms in total. The van der Waals surface area contributed by atoms with Gasteiger partial charge < -0.3 is 9.47 Å². The molecule has 2 aromatic rings. The van der Waals surface area contributed by atoms with Gasteiger partial charge in [0.2, 0.25) is 5.91 Å². The molecule has 0 aromatic heterocycles. The first-order chi connectivity index (χ1) is 14.7. The number of anilines is 1. The largest absolute Gasteiger partial charge is 0.486 e. The van der Waals surface area contributed by atoms with Gasteiger partial charge in [-0.05, 0) is 17.7 Å². The summed E-state index contributed by atoms with van der Waals surface area (Å²) in [6.07, 6.45) is 0.228. The van der Waals surface area contributed by atoms with Gasteiger partial charge >= 0.3 is 0 Å². The zero-order chi connectivity index (χ0) is 20.5. The summed E-state index contributed by atoms with van der Waals surface area (Å²) in [6, 6.07) is 15.3. The number of fused-ring (bicyclic) bond motifs is 1. The van der Waals surface area contributed by atoms with Crippen molar-refractivity contribution in [2.24, 2.45) is 0 Å². The van der Waals surface area contributed by atoms with Crippen molar-refractivity contribution < 1.29 is 19.1 Å². The van der Waals surface area contributed by atoms with E-state index < -0.39 is 0 Å². The topological polar surface area (TPSA) is 62.3 Å². The number of nitrogens with zero attached hydrogens (tertiary/aromatic N) is 3. The SMILES string of the molecule is O=C1C[C@@H](N2CCN(Cc3ccccc3)CC2)C(=O)N1c1ccc2c(c1)OCCO2. The monoisotopic (exact) mass is 407 g/mol. The van der Waals surface area contributed by atoms with E-state index in [1.54, 1.807) is 18.2 Å². The summed E-state index contributed by atoms with van der Waals surface area (Å²) in [5, 5.41) is 0. The molecule has 7 heteroatoms. The van der Waals surface area contributed by atoms with E-state index in [0.717, 1.165) is 32.7 Å². The van der Waals surface area contributed by atoms with E-state index in [4.69, 9.17) is 9.47 Å². The third-order valence-corrected chi connectivity index (χ3v) is 6.00. The van der Waals surface area contributed by atoms with Crippen molar-refractivity contribution in [1.82, 2.24) is 9.80 Å². The Kier molecular flexibility index (Phi) is 5.14. The summed E-state index contributed by atoms with van der Waals surface area (Å²) in [6.45, 7) is 5.22. The molecule has 156 valence electrons. The predicted octanol–water partition coefficient (Wildman–Crippen LogP) is 1.91. The first kappa shape index (κ1) is 19.1. The molecule has 3 heterocycles. The summed E-state index contributed by atoms with van der Waals surface area (Å²) in [4.78, 5) is 31.7. The molecular weight excluding hydrogens is 382 g/mol. The van der Waals surface area contributed by atoms with Gasteiger partial charge in [0.25, 0.3) is 5.91 Å². The van der Waals surface area contributed by atoms with Gasteiger partial charge in [-0.3, -0.25) is 19.4 Å². The summed E-state index contributed by atoms with van der Waals surface area (Å²) in [7, 11) is 0. The number of rotatable bonds is 4. The van der Waals surface area contributed by atoms with E-state index in [1.807, 2.05) is 6.07 Å². The van der Waals surface area contributed by atoms with E-state index in [9.17, 15) is 9.59 Å². The van der Waals surface area contributed by atoms with Crippen LogP contribution in [0.5, 0.6) is 11.5 Å². The fraction of sp³-hybridized carbons (Fsp3) is 0.391. The molecule has 3 aliphatic rings. The molecule has 0 radical (unpaired) electrons. The minimum absolute atomic E-state index is 0.145. The van der Waals surface area contributed by atoms with Crippen molar-refractivity contribution in [2.45, 2.75) is 19.0 Å². The lowest BCUT2D eigenvalue weighted by Gasteiger charge is -2.37. The zero-order valence-corrected chi connectivity index (χ0v) is 16.8. The molecular formula is C23H25N3O4. The molecule has 0 aliphatic carbocycles. The molecule has 2 amide bonds. The molecule has 2 saturated heterocycles. The highest BCUT2D eigenvalue weighted by Gasteiger charge is 2.43. The second-order valence-corrected chi connectivity index (χ2v) is 7.91. The minimum atomic E-state index is -0.385. The minimum Gasteiger partial charge on any atom is -0.486 e. The molecule has 2 aromatic carbocycles. The summed E-state index contributed by atoms with van der Waals surface area (Å²) in [5.74, 6) is 0.925. The van der Waals surface area contributed by atoms with Gasteiger partial charge in [0.15, 0.2) is 11.5 Å². The Balaban J connectivity index is 1.24. The molecule has 2 fully saturated rings. The Labute approximate surface area is 175 Å². The number of benzene rings is 2. The molecule has 0 spiro atoms. The second kappa shape index (κ2) is 8.08. The quantitative estimate of drug-likeness (QED) is 0.722. The highest BCUT2D eigenvalue weighted by Crippen LogP contribution is 2.36. The van der Waals surface area contributed by atoms with Crippen LogP contribution >= 0.6 is 0 Å². The van der Waals surface area contributed by atoms with Gasteiger partial charge in [0.05, 0.1) is 18.2 Å². The lowest BCUT2D eigenvalue weighted by molar-refractivity contribution is -0.123. The normalized spacial score (nSPS) is 22.5. The molecule has 1 atom stereocenters. The standard InChI is InChI=1S/C23H25N3O4/c27-22-15-19(25-10-8-24(9-11-25)16-17-4-2-1-3-5-17)23(28)26(22)18-6-7-20-21(14-18)30-13-12-29-20/h1-7,14,19H,8-13,15-16H2/t19-/m1/s1. The van der Waals surface area contributed by atoms with Crippen LogP contribution in [0.1, 0.15) is 12.0 Å². The van der Waals surface area contributed by atoms with Crippen LogP contribution in [-0.2, 0) is 16.1 Å². The van der Waals surface area contributed by atoms with Crippen LogP contribution in [-0.4, -0.2) is 67.0 Å². The van der Waals surface area contributed by atoms with Crippen molar-refractivity contribution in [1.29, 1.82) is 0 Å². The van der Waals surface area contributed by atoms with Crippen LogP contribution in [0.25, 0.3) is 0 Å². The van der Waals surface area contributed by atoms with Crippen LogP contribution in [0.2, 0.25) is 0 Å². The smallest absolute Gasteiger partial charge is 0.251 e. The highest BCUT2D eigenvalue weighted by atomic mass is 16.6. The van der Waals surface area contributed by atoms with E-state index in [-0.39, 0.29) is 24.3 Å². The Hall–Kier alpha value is -2.90. The van der Waals surface area contributed by atoms with E-state index >= 15 is 0 Å². The number of ether oxygens (including phenoxy) is 2. The number of amides is 2. The van der Waals surface area contributed by atoms with Gasteiger partial charge in [-0.1, -0.05) is 30.3 Å². The van der Waals surface area contributed by atoms with Crippen molar-refractivity contribution in [3.05, 3.63) is 54.1 Å². The first-order valence-electron chi connectivity index (χ1n) is 10.5. The summed E-state index contributed by atoms with van der Waals surface area (Å²) >= 11 is 0. The van der Waals surface area contributed by atoms with Gasteiger partial charge in [0, 0.05) is 38.8 Å². The fourth-order valence-electron chi connectivity index (χ4n) is 4.42. The highest BCUT2D eigenvalue weighted by molar-refractivity contribution is 6.22. The zero-order valence-electron chi connectivity index (χ0n) is 16.8. The first-order valence-corrected chi connectivity index (χ1v) is 10.5. The van der Waals surface area contributed by atoms with E-state index in [1.165, 1.54) is 10.5 Å². The van der Waals surface area contributed by atoms with E-state index in [2.05, 4.69) is 34.1 Å². The maximum Gasteiger partial charge on any atom is 0.251 e. The molecule has 0 bridgehead atoms. The van der Waals surface area contributed by atoms with Crippen LogP contribution < -0.4 is 14.4 Å². The number of imide groups is 1. The van der Waals surface area contributed by atoms with Gasteiger partial charge in [-0.15, -0.1) is 0 Å². The maximum absolute atomic E-state index is 13.1. The van der Waals surface area contributed by atoms with Crippen molar-refractivity contribution in [3.8, 4) is 11.5 Å². The molecule has 30 heavy (non-hydrogen) atoms. The van der Waals surface area contributed by atoms with Crippen LogP contribution in [0.15, 0.2) is 48.5 Å². The molecule has 0 unspecified atom stereocenters. The van der Waals surface area contributed by atoms with Crippen LogP contribution in [0.4, 0.5) is 5.69 Å². The van der Waals surface area contributed by atoms with Crippen molar-refractivity contribution in [3.63, 3.8) is 0 Å². The molecule has 5 rings (SSSR count). The Morgan fingerprint density at radius 1 is 0.867 bits per heavy atom. The number of carbonyl (C=O) groups excluding carboxylic acids is 2. The number of hydrogen-bond acceptors (Lipinski definition) is 6.